The molecule has 0 bridgehead atoms. The molecule has 6 unspecified atom stereocenters. The summed E-state index contributed by atoms with van der Waals surface area (Å²) >= 11 is 0. The van der Waals surface area contributed by atoms with E-state index < -0.39 is 43.0 Å². The Bertz CT molecular complexity index is 876. The number of fused-ring (bicyclic) bond motifs is 1. The van der Waals surface area contributed by atoms with Crippen molar-refractivity contribution >= 4 is 5.91 Å². The van der Waals surface area contributed by atoms with Gasteiger partial charge in [0.25, 0.3) is 5.91 Å². The van der Waals surface area contributed by atoms with Crippen LogP contribution in [0.5, 0.6) is 0 Å². The molecule has 0 saturated carbocycles. The van der Waals surface area contributed by atoms with Gasteiger partial charge in [0.15, 0.2) is 18.7 Å². The fourth-order valence-electron chi connectivity index (χ4n) is 3.88. The van der Waals surface area contributed by atoms with Gasteiger partial charge in [-0.3, -0.25) is 4.79 Å². The Labute approximate surface area is 180 Å². The molecule has 5 rings (SSSR count). The maximum absolute atomic E-state index is 12.4. The van der Waals surface area contributed by atoms with Gasteiger partial charge in [-0.2, -0.15) is 0 Å². The number of ether oxygens (including phenoxy) is 5. The Hall–Kier alpha value is -2.33. The van der Waals surface area contributed by atoms with Gasteiger partial charge in [0.05, 0.1) is 19.8 Å². The summed E-state index contributed by atoms with van der Waals surface area (Å²) < 4.78 is 29.0. The second-order valence-electron chi connectivity index (χ2n) is 7.86. The minimum absolute atomic E-state index is 0.235. The Kier molecular flexibility index (Phi) is 5.99. The molecule has 0 spiro atoms. The summed E-state index contributed by atoms with van der Waals surface area (Å²) in [6, 6.07) is 18.3. The maximum Gasteiger partial charge on any atom is 0.252 e. The van der Waals surface area contributed by atoms with Crippen molar-refractivity contribution in [2.24, 2.45) is 0 Å². The molecule has 2 aromatic rings. The molecular weight excluding hydrogens is 402 g/mol. The van der Waals surface area contributed by atoms with Gasteiger partial charge in [0.1, 0.15) is 24.4 Å². The smallest absolute Gasteiger partial charge is 0.252 e. The predicted octanol–water partition coefficient (Wildman–Crippen LogP) is 1.29. The van der Waals surface area contributed by atoms with Crippen LogP contribution in [0.25, 0.3) is 0 Å². The van der Waals surface area contributed by atoms with Crippen molar-refractivity contribution in [2.75, 3.05) is 13.2 Å². The highest BCUT2D eigenvalue weighted by molar-refractivity contribution is 5.83. The standard InChI is InChI=1S/C23H25NO7/c25-19-18(24-21(26)17-13-27-17)23(28-11-14-7-3-1-4-8-14)30-16-12-29-22(31-20(16)19)15-9-5-2-6-10-15/h1-10,16-20,22-23,25H,11-13H2,(H,24,26)/t16?,17-,18?,19?,20?,22?,23?/m0/s1. The van der Waals surface area contributed by atoms with E-state index in [9.17, 15) is 9.90 Å². The van der Waals surface area contributed by atoms with Crippen LogP contribution in [-0.4, -0.2) is 61.0 Å². The molecule has 2 aromatic carbocycles. The molecule has 0 aliphatic carbocycles. The zero-order chi connectivity index (χ0) is 21.2. The first kappa shape index (κ1) is 20.6. The van der Waals surface area contributed by atoms with E-state index in [0.29, 0.717) is 6.61 Å². The van der Waals surface area contributed by atoms with E-state index in [1.165, 1.54) is 0 Å². The van der Waals surface area contributed by atoms with Crippen molar-refractivity contribution in [3.05, 3.63) is 71.8 Å². The van der Waals surface area contributed by atoms with Gasteiger partial charge in [0.2, 0.25) is 0 Å². The summed E-state index contributed by atoms with van der Waals surface area (Å²) in [6.45, 7) is 0.882. The number of hydrogen-bond donors (Lipinski definition) is 2. The van der Waals surface area contributed by atoms with Crippen LogP contribution in [-0.2, 0) is 35.1 Å². The van der Waals surface area contributed by atoms with Crippen LogP contribution in [0.1, 0.15) is 17.4 Å². The number of aliphatic hydroxyl groups excluding tert-OH is 1. The van der Waals surface area contributed by atoms with E-state index >= 15 is 0 Å². The van der Waals surface area contributed by atoms with E-state index in [-0.39, 0.29) is 19.1 Å². The average Bonchev–Trinajstić information content (AvgIpc) is 3.66. The van der Waals surface area contributed by atoms with Crippen LogP contribution < -0.4 is 5.32 Å². The van der Waals surface area contributed by atoms with E-state index in [2.05, 4.69) is 5.32 Å². The number of nitrogens with one attached hydrogen (secondary N) is 1. The van der Waals surface area contributed by atoms with E-state index in [4.69, 9.17) is 23.7 Å². The molecule has 164 valence electrons. The number of carbonyl (C=O) groups is 1. The minimum Gasteiger partial charge on any atom is -0.388 e. The molecule has 3 heterocycles. The second kappa shape index (κ2) is 9.04. The molecule has 1 amide bonds. The number of carbonyl (C=O) groups excluding carboxylic acids is 1. The number of rotatable bonds is 6. The number of amides is 1. The van der Waals surface area contributed by atoms with Gasteiger partial charge in [-0.25, -0.2) is 0 Å². The molecule has 3 saturated heterocycles. The molecule has 0 aromatic heterocycles. The molecule has 8 heteroatoms. The Morgan fingerprint density at radius 2 is 1.71 bits per heavy atom. The number of epoxide rings is 1. The van der Waals surface area contributed by atoms with Gasteiger partial charge >= 0.3 is 0 Å². The fraction of sp³-hybridized carbons (Fsp3) is 0.435. The third-order valence-electron chi connectivity index (χ3n) is 5.63. The first-order valence-electron chi connectivity index (χ1n) is 10.4. The minimum atomic E-state index is -1.04. The van der Waals surface area contributed by atoms with Crippen LogP contribution in [0.3, 0.4) is 0 Å². The maximum atomic E-state index is 12.4. The summed E-state index contributed by atoms with van der Waals surface area (Å²) in [4.78, 5) is 12.4. The topological polar surface area (TPSA) is 98.8 Å². The van der Waals surface area contributed by atoms with Crippen molar-refractivity contribution in [3.63, 3.8) is 0 Å². The number of benzene rings is 2. The zero-order valence-electron chi connectivity index (χ0n) is 16.8. The average molecular weight is 427 g/mol. The quantitative estimate of drug-likeness (QED) is 0.671. The van der Waals surface area contributed by atoms with E-state index in [1.54, 1.807) is 0 Å². The van der Waals surface area contributed by atoms with Gasteiger partial charge in [0, 0.05) is 5.56 Å². The zero-order valence-corrected chi connectivity index (χ0v) is 16.8. The molecule has 3 fully saturated rings. The lowest BCUT2D eigenvalue weighted by molar-refractivity contribution is -0.345. The summed E-state index contributed by atoms with van der Waals surface area (Å²) in [5.41, 5.74) is 1.81. The Balaban J connectivity index is 1.31. The Morgan fingerprint density at radius 3 is 2.42 bits per heavy atom. The third-order valence-corrected chi connectivity index (χ3v) is 5.63. The molecular formula is C23H25NO7. The monoisotopic (exact) mass is 427 g/mol. The van der Waals surface area contributed by atoms with Gasteiger partial charge < -0.3 is 34.1 Å². The van der Waals surface area contributed by atoms with Crippen LogP contribution in [0.2, 0.25) is 0 Å². The molecule has 7 atom stereocenters. The molecule has 3 aliphatic rings. The Morgan fingerprint density at radius 1 is 1.00 bits per heavy atom. The van der Waals surface area contributed by atoms with Crippen LogP contribution in [0.15, 0.2) is 60.7 Å². The second-order valence-corrected chi connectivity index (χ2v) is 7.86. The molecule has 0 radical (unpaired) electrons. The van der Waals surface area contributed by atoms with Crippen LogP contribution in [0, 0.1) is 0 Å². The lowest BCUT2D eigenvalue weighted by atomic mass is 9.95. The van der Waals surface area contributed by atoms with E-state index in [1.807, 2.05) is 60.7 Å². The SMILES string of the molecule is O=C(NC1C(OCc2ccccc2)OC2COC(c3ccccc3)OC2C1O)[C@@H]1CO1. The first-order valence-corrected chi connectivity index (χ1v) is 10.4. The normalized spacial score (nSPS) is 34.5. The first-order chi connectivity index (χ1) is 15.2. The van der Waals surface area contributed by atoms with Gasteiger partial charge in [-0.05, 0) is 5.56 Å². The third kappa shape index (κ3) is 4.64. The van der Waals surface area contributed by atoms with Crippen molar-refractivity contribution in [3.8, 4) is 0 Å². The largest absolute Gasteiger partial charge is 0.388 e. The highest BCUT2D eigenvalue weighted by Gasteiger charge is 2.51. The molecule has 2 N–H and O–H groups in total. The molecule has 8 nitrogen and oxygen atoms in total. The van der Waals surface area contributed by atoms with Crippen molar-refractivity contribution in [2.45, 2.75) is 49.6 Å². The predicted molar refractivity (Wildman–Crippen MR) is 108 cm³/mol. The van der Waals surface area contributed by atoms with Crippen molar-refractivity contribution in [1.29, 1.82) is 0 Å². The fourth-order valence-corrected chi connectivity index (χ4v) is 3.88. The molecule has 31 heavy (non-hydrogen) atoms. The van der Waals surface area contributed by atoms with Crippen molar-refractivity contribution < 1.29 is 33.6 Å². The van der Waals surface area contributed by atoms with Crippen LogP contribution in [0.4, 0.5) is 0 Å². The van der Waals surface area contributed by atoms with Crippen LogP contribution >= 0.6 is 0 Å². The highest BCUT2D eigenvalue weighted by atomic mass is 16.7. The summed E-state index contributed by atoms with van der Waals surface area (Å²) in [6.07, 6.45) is -4.23. The lowest BCUT2D eigenvalue weighted by Crippen LogP contribution is -2.67. The summed E-state index contributed by atoms with van der Waals surface area (Å²) in [5, 5.41) is 14.0. The summed E-state index contributed by atoms with van der Waals surface area (Å²) in [7, 11) is 0. The van der Waals surface area contributed by atoms with Gasteiger partial charge in [-0.15, -0.1) is 0 Å². The molecule has 3 aliphatic heterocycles. The lowest BCUT2D eigenvalue weighted by Gasteiger charge is -2.47. The number of hydrogen-bond acceptors (Lipinski definition) is 7. The van der Waals surface area contributed by atoms with E-state index in [0.717, 1.165) is 11.1 Å². The number of aliphatic hydroxyl groups is 1. The summed E-state index contributed by atoms with van der Waals surface area (Å²) in [5.74, 6) is -0.300. The highest BCUT2D eigenvalue weighted by Crippen LogP contribution is 2.34. The van der Waals surface area contributed by atoms with Crippen molar-refractivity contribution in [1.82, 2.24) is 5.32 Å². The van der Waals surface area contributed by atoms with Gasteiger partial charge in [-0.1, -0.05) is 60.7 Å².